The summed E-state index contributed by atoms with van der Waals surface area (Å²) in [5, 5.41) is 2.16. The van der Waals surface area contributed by atoms with E-state index >= 15 is 0 Å². The number of nitrogens with one attached hydrogen (secondary N) is 1. The summed E-state index contributed by atoms with van der Waals surface area (Å²) in [5.41, 5.74) is 4.40. The molecule has 1 aromatic rings. The van der Waals surface area contributed by atoms with Crippen molar-refractivity contribution in [3.63, 3.8) is 0 Å². The molecule has 0 aliphatic heterocycles. The normalized spacial score (nSPS) is 19.9. The molecule has 1 atom stereocenters. The number of thiophene rings is 1. The lowest BCUT2D eigenvalue weighted by molar-refractivity contribution is 0.301. The Kier molecular flexibility index (Phi) is 4.38. The highest BCUT2D eigenvalue weighted by Crippen LogP contribution is 2.33. The average Bonchev–Trinajstić information content (AvgIpc) is 2.74. The van der Waals surface area contributed by atoms with E-state index in [1.165, 1.54) is 49.0 Å². The van der Waals surface area contributed by atoms with Gasteiger partial charge in [-0.05, 0) is 36.3 Å². The Balaban J connectivity index is 1.97. The van der Waals surface area contributed by atoms with Crippen molar-refractivity contribution < 1.29 is 0 Å². The Hall–Kier alpha value is -0.380. The second kappa shape index (κ2) is 5.80. The first-order valence-electron chi connectivity index (χ1n) is 6.31. The molecule has 16 heavy (non-hydrogen) atoms. The van der Waals surface area contributed by atoms with Crippen molar-refractivity contribution in [1.29, 1.82) is 0 Å². The van der Waals surface area contributed by atoms with Gasteiger partial charge in [0.2, 0.25) is 0 Å². The van der Waals surface area contributed by atoms with E-state index in [0.29, 0.717) is 6.04 Å². The summed E-state index contributed by atoms with van der Waals surface area (Å²) in [7, 11) is 0. The number of nitrogens with two attached hydrogens (primary N) is 1. The molecule has 0 bridgehead atoms. The lowest BCUT2D eigenvalue weighted by Gasteiger charge is -2.26. The third-order valence-corrected chi connectivity index (χ3v) is 4.63. The smallest absolute Gasteiger partial charge is 0.0473 e. The van der Waals surface area contributed by atoms with Gasteiger partial charge >= 0.3 is 0 Å². The first-order chi connectivity index (χ1) is 7.81. The zero-order valence-electron chi connectivity index (χ0n) is 10.0. The van der Waals surface area contributed by atoms with Crippen LogP contribution in [0.15, 0.2) is 11.4 Å². The number of hydrogen-bond acceptors (Lipinski definition) is 3. The van der Waals surface area contributed by atoms with Gasteiger partial charge in [-0.15, -0.1) is 11.3 Å². The molecule has 0 aromatic carbocycles. The largest absolute Gasteiger partial charge is 0.271 e. The van der Waals surface area contributed by atoms with Crippen molar-refractivity contribution in [3.8, 4) is 0 Å². The monoisotopic (exact) mass is 238 g/mol. The minimum Gasteiger partial charge on any atom is -0.271 e. The summed E-state index contributed by atoms with van der Waals surface area (Å²) >= 11 is 1.81. The van der Waals surface area contributed by atoms with E-state index in [4.69, 9.17) is 5.84 Å². The summed E-state index contributed by atoms with van der Waals surface area (Å²) in [4.78, 5) is 1.40. The Morgan fingerprint density at radius 2 is 2.19 bits per heavy atom. The van der Waals surface area contributed by atoms with Crippen LogP contribution in [0, 0.1) is 12.8 Å². The van der Waals surface area contributed by atoms with Crippen molar-refractivity contribution in [2.45, 2.75) is 51.5 Å². The van der Waals surface area contributed by atoms with Crippen LogP contribution in [0.4, 0.5) is 0 Å². The molecular formula is C13H22N2S. The van der Waals surface area contributed by atoms with Gasteiger partial charge in [0.15, 0.2) is 0 Å². The van der Waals surface area contributed by atoms with Crippen LogP contribution in [0.1, 0.15) is 55.0 Å². The van der Waals surface area contributed by atoms with Gasteiger partial charge < -0.3 is 0 Å². The molecule has 1 saturated carbocycles. The summed E-state index contributed by atoms with van der Waals surface area (Å²) in [6.45, 7) is 2.19. The maximum Gasteiger partial charge on any atom is 0.0473 e. The zero-order valence-corrected chi connectivity index (χ0v) is 10.9. The second-order valence-electron chi connectivity index (χ2n) is 4.89. The Labute approximate surface area is 102 Å². The van der Waals surface area contributed by atoms with E-state index in [2.05, 4.69) is 23.8 Å². The van der Waals surface area contributed by atoms with Crippen molar-refractivity contribution in [1.82, 2.24) is 5.43 Å². The molecule has 0 amide bonds. The number of hydrogen-bond donors (Lipinski definition) is 2. The SMILES string of the molecule is Cc1sccc1C(CC1CCCCC1)NN. The molecule has 0 radical (unpaired) electrons. The van der Waals surface area contributed by atoms with Crippen LogP contribution in [0.25, 0.3) is 0 Å². The van der Waals surface area contributed by atoms with E-state index in [1.54, 1.807) is 0 Å². The summed E-state index contributed by atoms with van der Waals surface area (Å²) in [6, 6.07) is 2.57. The highest BCUT2D eigenvalue weighted by molar-refractivity contribution is 7.10. The lowest BCUT2D eigenvalue weighted by Crippen LogP contribution is -2.30. The number of aryl methyl sites for hydroxylation is 1. The molecule has 1 heterocycles. The van der Waals surface area contributed by atoms with Gasteiger partial charge in [0.05, 0.1) is 0 Å². The van der Waals surface area contributed by atoms with Crippen molar-refractivity contribution in [2.24, 2.45) is 11.8 Å². The number of rotatable bonds is 4. The van der Waals surface area contributed by atoms with Gasteiger partial charge in [-0.25, -0.2) is 0 Å². The van der Waals surface area contributed by atoms with Crippen LogP contribution in [-0.4, -0.2) is 0 Å². The molecule has 1 fully saturated rings. The zero-order chi connectivity index (χ0) is 11.4. The Morgan fingerprint density at radius 1 is 1.44 bits per heavy atom. The summed E-state index contributed by atoms with van der Waals surface area (Å²) < 4.78 is 0. The van der Waals surface area contributed by atoms with Gasteiger partial charge in [0.25, 0.3) is 0 Å². The van der Waals surface area contributed by atoms with Gasteiger partial charge in [-0.3, -0.25) is 11.3 Å². The van der Waals surface area contributed by atoms with Gasteiger partial charge in [0, 0.05) is 10.9 Å². The third kappa shape index (κ3) is 2.84. The maximum atomic E-state index is 5.70. The molecule has 1 aliphatic carbocycles. The molecule has 0 saturated heterocycles. The Morgan fingerprint density at radius 3 is 2.75 bits per heavy atom. The molecule has 2 nitrogen and oxygen atoms in total. The van der Waals surface area contributed by atoms with E-state index in [1.807, 2.05) is 11.3 Å². The molecule has 1 aromatic heterocycles. The van der Waals surface area contributed by atoms with Gasteiger partial charge in [0.1, 0.15) is 0 Å². The van der Waals surface area contributed by atoms with Crippen LogP contribution in [-0.2, 0) is 0 Å². The molecule has 1 aliphatic rings. The fourth-order valence-electron chi connectivity index (χ4n) is 2.80. The summed E-state index contributed by atoms with van der Waals surface area (Å²) in [5.74, 6) is 6.57. The van der Waals surface area contributed by atoms with Gasteiger partial charge in [-0.2, -0.15) is 0 Å². The van der Waals surface area contributed by atoms with Crippen molar-refractivity contribution in [2.75, 3.05) is 0 Å². The van der Waals surface area contributed by atoms with Gasteiger partial charge in [-0.1, -0.05) is 32.1 Å². The van der Waals surface area contributed by atoms with E-state index in [-0.39, 0.29) is 0 Å². The van der Waals surface area contributed by atoms with Crippen LogP contribution in [0.3, 0.4) is 0 Å². The van der Waals surface area contributed by atoms with Crippen LogP contribution >= 0.6 is 11.3 Å². The van der Waals surface area contributed by atoms with Crippen LogP contribution in [0.5, 0.6) is 0 Å². The van der Waals surface area contributed by atoms with Crippen molar-refractivity contribution >= 4 is 11.3 Å². The predicted octanol–water partition coefficient (Wildman–Crippen LogP) is 3.53. The third-order valence-electron chi connectivity index (χ3n) is 3.77. The standard InChI is InChI=1S/C13H22N2S/c1-10-12(7-8-16-10)13(15-14)9-11-5-3-2-4-6-11/h7-8,11,13,15H,2-6,9,14H2,1H3. The molecule has 2 rings (SSSR count). The molecule has 3 N–H and O–H groups in total. The summed E-state index contributed by atoms with van der Waals surface area (Å²) in [6.07, 6.45) is 8.22. The molecule has 90 valence electrons. The highest BCUT2D eigenvalue weighted by Gasteiger charge is 2.20. The van der Waals surface area contributed by atoms with E-state index in [9.17, 15) is 0 Å². The second-order valence-corrected chi connectivity index (χ2v) is 6.01. The molecule has 1 unspecified atom stereocenters. The number of hydrazine groups is 1. The lowest BCUT2D eigenvalue weighted by atomic mass is 9.83. The van der Waals surface area contributed by atoms with Crippen LogP contribution in [0.2, 0.25) is 0 Å². The average molecular weight is 238 g/mol. The minimum absolute atomic E-state index is 0.356. The Bertz CT molecular complexity index is 315. The molecule has 3 heteroatoms. The first kappa shape index (κ1) is 12.1. The topological polar surface area (TPSA) is 38.0 Å². The molecular weight excluding hydrogens is 216 g/mol. The maximum absolute atomic E-state index is 5.70. The fraction of sp³-hybridized carbons (Fsp3) is 0.692. The fourth-order valence-corrected chi connectivity index (χ4v) is 3.56. The van der Waals surface area contributed by atoms with E-state index in [0.717, 1.165) is 5.92 Å². The van der Waals surface area contributed by atoms with Crippen LogP contribution < -0.4 is 11.3 Å². The predicted molar refractivity (Wildman–Crippen MR) is 70.3 cm³/mol. The van der Waals surface area contributed by atoms with E-state index < -0.39 is 0 Å². The highest BCUT2D eigenvalue weighted by atomic mass is 32.1. The quantitative estimate of drug-likeness (QED) is 0.622. The first-order valence-corrected chi connectivity index (χ1v) is 7.19. The van der Waals surface area contributed by atoms with Crippen molar-refractivity contribution in [3.05, 3.63) is 21.9 Å². The molecule has 0 spiro atoms. The minimum atomic E-state index is 0.356.